The monoisotopic (exact) mass is 430 g/mol. The van der Waals surface area contributed by atoms with Crippen LogP contribution in [0.4, 0.5) is 10.1 Å². The molecule has 0 spiro atoms. The first kappa shape index (κ1) is 21.9. The Labute approximate surface area is 189 Å². The number of benzene rings is 3. The van der Waals surface area contributed by atoms with Gasteiger partial charge in [-0.25, -0.2) is 4.39 Å². The fourth-order valence-electron chi connectivity index (χ4n) is 4.56. The maximum Gasteiger partial charge on any atom is 0.148 e. The number of nitrogen functional groups attached to an aromatic ring is 1. The molecular weight excluding hydrogens is 399 g/mol. The van der Waals surface area contributed by atoms with Gasteiger partial charge in [-0.1, -0.05) is 69.3 Å². The van der Waals surface area contributed by atoms with E-state index < -0.39 is 0 Å². The first-order chi connectivity index (χ1) is 15.4. The van der Waals surface area contributed by atoms with Crippen LogP contribution in [0, 0.1) is 5.82 Å². The van der Waals surface area contributed by atoms with Crippen LogP contribution >= 0.6 is 0 Å². The molecular formula is C28H31FN2O. The van der Waals surface area contributed by atoms with Gasteiger partial charge in [-0.3, -0.25) is 0 Å². The lowest BCUT2D eigenvalue weighted by Crippen LogP contribution is -2.14. The van der Waals surface area contributed by atoms with E-state index in [9.17, 15) is 4.39 Å². The Kier molecular flexibility index (Phi) is 6.22. The Morgan fingerprint density at radius 2 is 1.72 bits per heavy atom. The minimum atomic E-state index is -0.345. The zero-order chi connectivity index (χ0) is 22.8. The number of halogens is 1. The summed E-state index contributed by atoms with van der Waals surface area (Å²) in [7, 11) is 0. The molecule has 5 rings (SSSR count). The van der Waals surface area contributed by atoms with Gasteiger partial charge in [-0.05, 0) is 42.5 Å². The molecule has 4 heteroatoms. The van der Waals surface area contributed by atoms with Crippen molar-refractivity contribution in [3.05, 3.63) is 94.9 Å². The first-order valence-electron chi connectivity index (χ1n) is 11.3. The number of hydrogen-bond donors (Lipinski definition) is 1. The zero-order valence-electron chi connectivity index (χ0n) is 19.2. The van der Waals surface area contributed by atoms with Crippen molar-refractivity contribution in [1.82, 2.24) is 4.57 Å². The molecule has 0 amide bonds. The molecule has 1 aliphatic rings. The first-order valence-corrected chi connectivity index (χ1v) is 11.3. The van der Waals surface area contributed by atoms with Crippen molar-refractivity contribution in [2.24, 2.45) is 0 Å². The Bertz CT molecular complexity index is 1230. The number of aryl methyl sites for hydroxylation is 1. The molecule has 166 valence electrons. The van der Waals surface area contributed by atoms with Gasteiger partial charge < -0.3 is 15.0 Å². The maximum absolute atomic E-state index is 14.1. The number of rotatable bonds is 4. The minimum absolute atomic E-state index is 0.222. The summed E-state index contributed by atoms with van der Waals surface area (Å²) in [6.45, 7) is 9.33. The second-order valence-corrected chi connectivity index (χ2v) is 8.63. The van der Waals surface area contributed by atoms with Crippen LogP contribution in [0.5, 0.6) is 5.75 Å². The van der Waals surface area contributed by atoms with Crippen molar-refractivity contribution in [3.63, 3.8) is 0 Å². The number of hydrogen-bond acceptors (Lipinski definition) is 2. The Morgan fingerprint density at radius 3 is 2.31 bits per heavy atom. The third-order valence-electron chi connectivity index (χ3n) is 6.08. The molecule has 1 aliphatic heterocycles. The molecule has 1 atom stereocenters. The van der Waals surface area contributed by atoms with Crippen molar-refractivity contribution in [1.29, 1.82) is 0 Å². The summed E-state index contributed by atoms with van der Waals surface area (Å²) in [6, 6.07) is 21.8. The number of nitrogens with two attached hydrogens (primary N) is 1. The molecule has 1 unspecified atom stereocenters. The number of anilines is 1. The van der Waals surface area contributed by atoms with E-state index in [0.717, 1.165) is 29.6 Å². The van der Waals surface area contributed by atoms with Crippen LogP contribution in [-0.2, 0) is 13.0 Å². The van der Waals surface area contributed by atoms with E-state index in [-0.39, 0.29) is 11.5 Å². The fourth-order valence-corrected chi connectivity index (χ4v) is 4.56. The van der Waals surface area contributed by atoms with Gasteiger partial charge in [0, 0.05) is 29.3 Å². The van der Waals surface area contributed by atoms with E-state index in [2.05, 4.69) is 50.5 Å². The van der Waals surface area contributed by atoms with Crippen molar-refractivity contribution in [2.45, 2.75) is 52.7 Å². The van der Waals surface area contributed by atoms with E-state index >= 15 is 0 Å². The predicted octanol–water partition coefficient (Wildman–Crippen LogP) is 7.24. The molecule has 0 saturated carbocycles. The van der Waals surface area contributed by atoms with E-state index in [1.54, 1.807) is 12.1 Å². The highest BCUT2D eigenvalue weighted by molar-refractivity contribution is 5.89. The van der Waals surface area contributed by atoms with Crippen LogP contribution in [0.3, 0.4) is 0 Å². The maximum atomic E-state index is 14.1. The van der Waals surface area contributed by atoms with Crippen LogP contribution in [0.1, 0.15) is 62.1 Å². The quantitative estimate of drug-likeness (QED) is 0.347. The minimum Gasteiger partial charge on any atom is -0.485 e. The topological polar surface area (TPSA) is 40.2 Å². The number of fused-ring (bicyclic) bond motifs is 2. The van der Waals surface area contributed by atoms with E-state index in [0.29, 0.717) is 12.0 Å². The number of nitrogens with zero attached hydrogens (tertiary/aromatic N) is 1. The van der Waals surface area contributed by atoms with E-state index in [1.807, 2.05) is 36.4 Å². The number of ether oxygens (including phenoxy) is 1. The van der Waals surface area contributed by atoms with Crippen LogP contribution in [0.2, 0.25) is 0 Å². The SMILES string of the molecule is CC1Oc2ccccc21.CCc1c(C(C)C)n(Cc2ccccc2)c2cc(F)c(N)cc12. The summed E-state index contributed by atoms with van der Waals surface area (Å²) in [5, 5.41) is 1.08. The summed E-state index contributed by atoms with van der Waals surface area (Å²) in [4.78, 5) is 0. The molecule has 2 heterocycles. The highest BCUT2D eigenvalue weighted by atomic mass is 19.1. The van der Waals surface area contributed by atoms with Gasteiger partial charge in [0.1, 0.15) is 17.7 Å². The average molecular weight is 431 g/mol. The Hall–Kier alpha value is -3.27. The summed E-state index contributed by atoms with van der Waals surface area (Å²) >= 11 is 0. The summed E-state index contributed by atoms with van der Waals surface area (Å²) in [5.41, 5.74) is 12.1. The molecule has 4 aromatic rings. The van der Waals surface area contributed by atoms with Crippen molar-refractivity contribution in [2.75, 3.05) is 5.73 Å². The van der Waals surface area contributed by atoms with E-state index in [4.69, 9.17) is 10.5 Å². The molecule has 3 aromatic carbocycles. The summed E-state index contributed by atoms with van der Waals surface area (Å²) in [6.07, 6.45) is 1.23. The molecule has 32 heavy (non-hydrogen) atoms. The molecule has 0 aliphatic carbocycles. The highest BCUT2D eigenvalue weighted by Gasteiger charge is 2.22. The largest absolute Gasteiger partial charge is 0.485 e. The van der Waals surface area contributed by atoms with Gasteiger partial charge in [-0.2, -0.15) is 0 Å². The van der Waals surface area contributed by atoms with Gasteiger partial charge in [0.15, 0.2) is 0 Å². The molecule has 0 radical (unpaired) electrons. The lowest BCUT2D eigenvalue weighted by atomic mass is 10.0. The normalized spacial score (nSPS) is 14.4. The summed E-state index contributed by atoms with van der Waals surface area (Å²) in [5.74, 6) is 1.07. The lowest BCUT2D eigenvalue weighted by Gasteiger charge is -2.27. The van der Waals surface area contributed by atoms with Gasteiger partial charge in [0.05, 0.1) is 11.2 Å². The van der Waals surface area contributed by atoms with Crippen LogP contribution < -0.4 is 10.5 Å². The highest BCUT2D eigenvalue weighted by Crippen LogP contribution is 2.37. The third-order valence-corrected chi connectivity index (χ3v) is 6.08. The third kappa shape index (κ3) is 4.10. The molecule has 1 aromatic heterocycles. The predicted molar refractivity (Wildman–Crippen MR) is 131 cm³/mol. The van der Waals surface area contributed by atoms with Crippen molar-refractivity contribution in [3.8, 4) is 5.75 Å². The second-order valence-electron chi connectivity index (χ2n) is 8.63. The van der Waals surface area contributed by atoms with Crippen molar-refractivity contribution >= 4 is 16.6 Å². The Balaban J connectivity index is 0.000000225. The summed E-state index contributed by atoms with van der Waals surface area (Å²) < 4.78 is 21.6. The van der Waals surface area contributed by atoms with Crippen LogP contribution in [-0.4, -0.2) is 4.57 Å². The van der Waals surface area contributed by atoms with Gasteiger partial charge in [-0.15, -0.1) is 0 Å². The molecule has 0 fully saturated rings. The Morgan fingerprint density at radius 1 is 1.03 bits per heavy atom. The smallest absolute Gasteiger partial charge is 0.148 e. The van der Waals surface area contributed by atoms with E-state index in [1.165, 1.54) is 22.4 Å². The van der Waals surface area contributed by atoms with Gasteiger partial charge in [0.25, 0.3) is 0 Å². The molecule has 0 bridgehead atoms. The van der Waals surface area contributed by atoms with Gasteiger partial charge >= 0.3 is 0 Å². The fraction of sp³-hybridized carbons (Fsp3) is 0.286. The van der Waals surface area contributed by atoms with Crippen LogP contribution in [0.15, 0.2) is 66.7 Å². The average Bonchev–Trinajstić information content (AvgIpc) is 3.07. The standard InChI is InChI=1S/C20H23FN2.C8H8O/c1-4-15-16-10-18(22)17(21)11-19(16)23(20(15)13(2)3)12-14-8-6-5-7-9-14;1-6-7-4-2-3-5-8(7)9-6/h5-11,13H,4,12,22H2,1-3H3;2-6H,1H3. The van der Waals surface area contributed by atoms with Gasteiger partial charge in [0.2, 0.25) is 0 Å². The number of para-hydroxylation sites is 1. The van der Waals surface area contributed by atoms with Crippen LogP contribution in [0.25, 0.3) is 10.9 Å². The van der Waals surface area contributed by atoms with Crippen molar-refractivity contribution < 1.29 is 9.13 Å². The molecule has 0 saturated heterocycles. The molecule has 2 N–H and O–H groups in total. The zero-order valence-corrected chi connectivity index (χ0v) is 19.2. The lowest BCUT2D eigenvalue weighted by molar-refractivity contribution is 0.166. The second kappa shape index (κ2) is 9.07. The molecule has 3 nitrogen and oxygen atoms in total. The number of aromatic nitrogens is 1.